The second-order valence-corrected chi connectivity index (χ2v) is 4.95. The first-order valence-corrected chi connectivity index (χ1v) is 6.67. The van der Waals surface area contributed by atoms with Gasteiger partial charge in [0, 0.05) is 29.9 Å². The van der Waals surface area contributed by atoms with Crippen LogP contribution >= 0.6 is 11.6 Å². The lowest BCUT2D eigenvalue weighted by Gasteiger charge is -2.06. The fourth-order valence-electron chi connectivity index (χ4n) is 2.33. The van der Waals surface area contributed by atoms with Gasteiger partial charge in [0.15, 0.2) is 0 Å². The van der Waals surface area contributed by atoms with E-state index in [9.17, 15) is 0 Å². The van der Waals surface area contributed by atoms with E-state index in [0.717, 1.165) is 41.9 Å². The lowest BCUT2D eigenvalue weighted by atomic mass is 10.2. The third-order valence-electron chi connectivity index (χ3n) is 3.30. The number of aryl methyl sites for hydroxylation is 1. The Bertz CT molecular complexity index is 598. The number of methoxy groups -OCH3 is 1. The number of nitrogens with zero attached hydrogens (tertiary/aromatic N) is 3. The van der Waals surface area contributed by atoms with Crippen LogP contribution in [0.25, 0.3) is 0 Å². The Labute approximate surface area is 116 Å². The summed E-state index contributed by atoms with van der Waals surface area (Å²) in [5, 5.41) is 0.610. The van der Waals surface area contributed by atoms with Gasteiger partial charge >= 0.3 is 0 Å². The molecule has 0 fully saturated rings. The molecule has 4 nitrogen and oxygen atoms in total. The first-order chi connectivity index (χ1) is 9.26. The number of halogens is 1. The molecule has 0 unspecified atom stereocenters. The average Bonchev–Trinajstić information content (AvgIpc) is 2.88. The standard InChI is InChI=1S/C14H14ClN3O/c1-19-13-6-5-9(8-16-13)7-12-17-11-4-2-3-10(11)14(15)18-12/h5-6,8H,2-4,7H2,1H3. The van der Waals surface area contributed by atoms with Crippen LogP contribution in [-0.4, -0.2) is 22.1 Å². The Morgan fingerprint density at radius 2 is 2.16 bits per heavy atom. The quantitative estimate of drug-likeness (QED) is 0.808. The molecule has 0 aromatic carbocycles. The van der Waals surface area contributed by atoms with E-state index in [1.165, 1.54) is 0 Å². The van der Waals surface area contributed by atoms with Crippen molar-refractivity contribution in [2.45, 2.75) is 25.7 Å². The highest BCUT2D eigenvalue weighted by Gasteiger charge is 2.18. The normalized spacial score (nSPS) is 13.4. The Kier molecular flexibility index (Phi) is 3.34. The highest BCUT2D eigenvalue weighted by atomic mass is 35.5. The molecule has 0 bridgehead atoms. The molecule has 3 rings (SSSR count). The van der Waals surface area contributed by atoms with Crippen LogP contribution in [0, 0.1) is 0 Å². The largest absolute Gasteiger partial charge is 0.481 e. The van der Waals surface area contributed by atoms with Crippen LogP contribution in [0.2, 0.25) is 5.15 Å². The summed E-state index contributed by atoms with van der Waals surface area (Å²) in [6.45, 7) is 0. The van der Waals surface area contributed by atoms with Crippen LogP contribution < -0.4 is 4.74 Å². The van der Waals surface area contributed by atoms with Gasteiger partial charge in [-0.25, -0.2) is 15.0 Å². The van der Waals surface area contributed by atoms with Gasteiger partial charge in [0.1, 0.15) is 11.0 Å². The molecule has 0 saturated carbocycles. The van der Waals surface area contributed by atoms with Gasteiger partial charge in [-0.05, 0) is 24.8 Å². The maximum Gasteiger partial charge on any atom is 0.212 e. The molecule has 0 spiro atoms. The SMILES string of the molecule is COc1ccc(Cc2nc(Cl)c3c(n2)CCC3)cn1. The zero-order chi connectivity index (χ0) is 13.2. The minimum atomic E-state index is 0.608. The Morgan fingerprint density at radius 1 is 1.26 bits per heavy atom. The topological polar surface area (TPSA) is 47.9 Å². The van der Waals surface area contributed by atoms with Crippen LogP contribution in [0.4, 0.5) is 0 Å². The van der Waals surface area contributed by atoms with Crippen molar-refractivity contribution in [1.29, 1.82) is 0 Å². The van der Waals surface area contributed by atoms with Gasteiger partial charge in [-0.1, -0.05) is 17.7 Å². The molecule has 1 aliphatic rings. The van der Waals surface area contributed by atoms with Crippen LogP contribution in [0.1, 0.15) is 29.1 Å². The molecule has 0 aliphatic heterocycles. The summed E-state index contributed by atoms with van der Waals surface area (Å²) in [6, 6.07) is 3.81. The predicted octanol–water partition coefficient (Wildman–Crippen LogP) is 2.61. The van der Waals surface area contributed by atoms with Gasteiger partial charge in [0.05, 0.1) is 7.11 Å². The zero-order valence-electron chi connectivity index (χ0n) is 10.7. The smallest absolute Gasteiger partial charge is 0.212 e. The number of hydrogen-bond donors (Lipinski definition) is 0. The number of rotatable bonds is 3. The van der Waals surface area contributed by atoms with E-state index in [1.54, 1.807) is 13.3 Å². The van der Waals surface area contributed by atoms with Gasteiger partial charge in [0.2, 0.25) is 5.88 Å². The first kappa shape index (κ1) is 12.4. The summed E-state index contributed by atoms with van der Waals surface area (Å²) in [5.74, 6) is 1.37. The van der Waals surface area contributed by atoms with E-state index in [1.807, 2.05) is 12.1 Å². The predicted molar refractivity (Wildman–Crippen MR) is 72.7 cm³/mol. The van der Waals surface area contributed by atoms with Gasteiger partial charge < -0.3 is 4.74 Å². The summed E-state index contributed by atoms with van der Waals surface area (Å²) in [5.41, 5.74) is 3.28. The number of aromatic nitrogens is 3. The number of fused-ring (bicyclic) bond motifs is 1. The maximum atomic E-state index is 6.20. The fourth-order valence-corrected chi connectivity index (χ4v) is 2.63. The Morgan fingerprint density at radius 3 is 2.89 bits per heavy atom. The lowest BCUT2D eigenvalue weighted by molar-refractivity contribution is 0.397. The minimum Gasteiger partial charge on any atom is -0.481 e. The molecule has 2 aromatic heterocycles. The third-order valence-corrected chi connectivity index (χ3v) is 3.61. The second kappa shape index (κ2) is 5.13. The van der Waals surface area contributed by atoms with Gasteiger partial charge in [-0.15, -0.1) is 0 Å². The van der Waals surface area contributed by atoms with E-state index >= 15 is 0 Å². The van der Waals surface area contributed by atoms with Gasteiger partial charge in [-0.2, -0.15) is 0 Å². The molecule has 5 heteroatoms. The highest BCUT2D eigenvalue weighted by Crippen LogP contribution is 2.26. The zero-order valence-corrected chi connectivity index (χ0v) is 11.4. The Hall–Kier alpha value is -1.68. The summed E-state index contributed by atoms with van der Waals surface area (Å²) in [4.78, 5) is 13.2. The average molecular weight is 276 g/mol. The van der Waals surface area contributed by atoms with E-state index in [4.69, 9.17) is 16.3 Å². The summed E-state index contributed by atoms with van der Waals surface area (Å²) in [7, 11) is 1.60. The fraction of sp³-hybridized carbons (Fsp3) is 0.357. The van der Waals surface area contributed by atoms with Crippen molar-refractivity contribution in [3.8, 4) is 5.88 Å². The molecule has 1 aliphatic carbocycles. The van der Waals surface area contributed by atoms with Gasteiger partial charge in [-0.3, -0.25) is 0 Å². The van der Waals surface area contributed by atoms with Crippen molar-refractivity contribution in [3.05, 3.63) is 46.1 Å². The van der Waals surface area contributed by atoms with Crippen LogP contribution in [0.5, 0.6) is 5.88 Å². The molecule has 0 radical (unpaired) electrons. The lowest BCUT2D eigenvalue weighted by Crippen LogP contribution is -2.02. The molecule has 2 heterocycles. The van der Waals surface area contributed by atoms with E-state index < -0.39 is 0 Å². The molecule has 0 N–H and O–H groups in total. The molecule has 0 amide bonds. The second-order valence-electron chi connectivity index (χ2n) is 4.60. The number of pyridine rings is 1. The molecule has 0 atom stereocenters. The molecule has 98 valence electrons. The van der Waals surface area contributed by atoms with Crippen molar-refractivity contribution in [2.24, 2.45) is 0 Å². The Balaban J connectivity index is 1.84. The van der Waals surface area contributed by atoms with E-state index in [0.29, 0.717) is 17.5 Å². The monoisotopic (exact) mass is 275 g/mol. The van der Waals surface area contributed by atoms with Crippen molar-refractivity contribution in [2.75, 3.05) is 7.11 Å². The van der Waals surface area contributed by atoms with Crippen LogP contribution in [0.15, 0.2) is 18.3 Å². The van der Waals surface area contributed by atoms with Crippen molar-refractivity contribution in [1.82, 2.24) is 15.0 Å². The van der Waals surface area contributed by atoms with Crippen molar-refractivity contribution < 1.29 is 4.74 Å². The third kappa shape index (κ3) is 2.54. The summed E-state index contributed by atoms with van der Waals surface area (Å²) >= 11 is 6.20. The number of hydrogen-bond acceptors (Lipinski definition) is 4. The summed E-state index contributed by atoms with van der Waals surface area (Å²) in [6.07, 6.45) is 5.55. The molecule has 19 heavy (non-hydrogen) atoms. The minimum absolute atomic E-state index is 0.608. The molecule has 0 saturated heterocycles. The molecular weight excluding hydrogens is 262 g/mol. The first-order valence-electron chi connectivity index (χ1n) is 6.29. The van der Waals surface area contributed by atoms with Crippen molar-refractivity contribution in [3.63, 3.8) is 0 Å². The van der Waals surface area contributed by atoms with Crippen LogP contribution in [-0.2, 0) is 19.3 Å². The van der Waals surface area contributed by atoms with E-state index in [2.05, 4.69) is 15.0 Å². The van der Waals surface area contributed by atoms with Crippen molar-refractivity contribution >= 4 is 11.6 Å². The summed E-state index contributed by atoms with van der Waals surface area (Å²) < 4.78 is 5.04. The molecular formula is C14H14ClN3O. The highest BCUT2D eigenvalue weighted by molar-refractivity contribution is 6.30. The van der Waals surface area contributed by atoms with Crippen LogP contribution in [0.3, 0.4) is 0 Å². The maximum absolute atomic E-state index is 6.20. The molecule has 2 aromatic rings. The van der Waals surface area contributed by atoms with Gasteiger partial charge in [0.25, 0.3) is 0 Å². The number of ether oxygens (including phenoxy) is 1. The van der Waals surface area contributed by atoms with E-state index in [-0.39, 0.29) is 0 Å².